The fraction of sp³-hybridized carbons (Fsp3) is 0.917. The molecule has 1 aliphatic heterocycles. The van der Waals surface area contributed by atoms with Crippen molar-refractivity contribution in [3.05, 3.63) is 0 Å². The van der Waals surface area contributed by atoms with Gasteiger partial charge >= 0.3 is 6.03 Å². The van der Waals surface area contributed by atoms with Crippen molar-refractivity contribution in [2.75, 3.05) is 26.2 Å². The van der Waals surface area contributed by atoms with E-state index in [1.54, 1.807) is 0 Å². The summed E-state index contributed by atoms with van der Waals surface area (Å²) in [6.45, 7) is 10.0. The number of urea groups is 1. The van der Waals surface area contributed by atoms with Gasteiger partial charge in [0.25, 0.3) is 0 Å². The van der Waals surface area contributed by atoms with Crippen LogP contribution >= 0.6 is 0 Å². The molecule has 0 spiro atoms. The van der Waals surface area contributed by atoms with Crippen LogP contribution < -0.4 is 10.6 Å². The molecule has 0 radical (unpaired) electrons. The fourth-order valence-electron chi connectivity index (χ4n) is 2.03. The first kappa shape index (κ1) is 13.3. The predicted octanol–water partition coefficient (Wildman–Crippen LogP) is 1.43. The van der Waals surface area contributed by atoms with E-state index in [1.165, 1.54) is 0 Å². The van der Waals surface area contributed by atoms with Crippen LogP contribution in [0.1, 0.15) is 33.6 Å². The molecule has 0 saturated carbocycles. The van der Waals surface area contributed by atoms with Gasteiger partial charge in [0.15, 0.2) is 0 Å². The summed E-state index contributed by atoms with van der Waals surface area (Å²) in [5.41, 5.74) is 0. The molecule has 1 saturated heterocycles. The van der Waals surface area contributed by atoms with E-state index in [0.717, 1.165) is 44.9 Å². The van der Waals surface area contributed by atoms with E-state index in [9.17, 15) is 4.79 Å². The number of piperidine rings is 1. The average molecular weight is 227 g/mol. The van der Waals surface area contributed by atoms with E-state index in [-0.39, 0.29) is 12.1 Å². The van der Waals surface area contributed by atoms with Crippen molar-refractivity contribution in [2.24, 2.45) is 5.92 Å². The number of nitrogens with one attached hydrogen (secondary N) is 2. The lowest BCUT2D eigenvalue weighted by Crippen LogP contribution is -2.47. The number of carbonyl (C=O) groups is 1. The number of carbonyl (C=O) groups excluding carboxylic acids is 1. The van der Waals surface area contributed by atoms with E-state index in [0.29, 0.717) is 0 Å². The number of hydrogen-bond acceptors (Lipinski definition) is 2. The maximum Gasteiger partial charge on any atom is 0.317 e. The molecule has 0 aromatic carbocycles. The molecule has 16 heavy (non-hydrogen) atoms. The number of likely N-dealkylation sites (tertiary alicyclic amines) is 1. The van der Waals surface area contributed by atoms with Crippen molar-refractivity contribution in [2.45, 2.75) is 39.7 Å². The van der Waals surface area contributed by atoms with Gasteiger partial charge in [-0.1, -0.05) is 6.92 Å². The van der Waals surface area contributed by atoms with Crippen molar-refractivity contribution < 1.29 is 4.79 Å². The molecular weight excluding hydrogens is 202 g/mol. The van der Waals surface area contributed by atoms with Gasteiger partial charge in [-0.15, -0.1) is 0 Å². The first-order valence-corrected chi connectivity index (χ1v) is 6.39. The van der Waals surface area contributed by atoms with Crippen LogP contribution in [-0.2, 0) is 0 Å². The Morgan fingerprint density at radius 2 is 2.00 bits per heavy atom. The number of rotatable bonds is 4. The highest BCUT2D eigenvalue weighted by Crippen LogP contribution is 2.16. The third-order valence-corrected chi connectivity index (χ3v) is 3.00. The summed E-state index contributed by atoms with van der Waals surface area (Å²) in [7, 11) is 0. The zero-order valence-corrected chi connectivity index (χ0v) is 10.8. The quantitative estimate of drug-likeness (QED) is 0.763. The summed E-state index contributed by atoms with van der Waals surface area (Å²) in [5, 5.41) is 6.32. The molecule has 0 aromatic heterocycles. The van der Waals surface area contributed by atoms with Crippen LogP contribution in [0, 0.1) is 5.92 Å². The summed E-state index contributed by atoms with van der Waals surface area (Å²) in [6, 6.07) is 0.323. The topological polar surface area (TPSA) is 44.4 Å². The monoisotopic (exact) mass is 227 g/mol. The minimum atomic E-state index is 0.0944. The van der Waals surface area contributed by atoms with E-state index in [2.05, 4.69) is 17.6 Å². The lowest BCUT2D eigenvalue weighted by Gasteiger charge is -2.32. The Morgan fingerprint density at radius 1 is 1.38 bits per heavy atom. The first-order valence-electron chi connectivity index (χ1n) is 6.39. The number of amides is 2. The highest BCUT2D eigenvalue weighted by atomic mass is 16.2. The molecule has 0 aliphatic carbocycles. The smallest absolute Gasteiger partial charge is 0.317 e. The predicted molar refractivity (Wildman–Crippen MR) is 66.5 cm³/mol. The van der Waals surface area contributed by atoms with Gasteiger partial charge in [-0.2, -0.15) is 0 Å². The Bertz CT molecular complexity index is 210. The van der Waals surface area contributed by atoms with E-state index >= 15 is 0 Å². The van der Waals surface area contributed by atoms with Gasteiger partial charge in [0.05, 0.1) is 0 Å². The minimum absolute atomic E-state index is 0.0944. The minimum Gasteiger partial charge on any atom is -0.336 e. The summed E-state index contributed by atoms with van der Waals surface area (Å²) in [6.07, 6.45) is 2.25. The molecule has 4 nitrogen and oxygen atoms in total. The van der Waals surface area contributed by atoms with Crippen molar-refractivity contribution >= 4 is 6.03 Å². The Hall–Kier alpha value is -0.770. The molecule has 0 aromatic rings. The highest BCUT2D eigenvalue weighted by Gasteiger charge is 2.22. The van der Waals surface area contributed by atoms with E-state index < -0.39 is 0 Å². The molecule has 4 heteroatoms. The van der Waals surface area contributed by atoms with Gasteiger partial charge in [-0.3, -0.25) is 0 Å². The lowest BCUT2D eigenvalue weighted by molar-refractivity contribution is 0.168. The zero-order chi connectivity index (χ0) is 12.0. The number of nitrogens with zero attached hydrogens (tertiary/aromatic N) is 1. The maximum atomic E-state index is 11.7. The maximum absolute atomic E-state index is 11.7. The van der Waals surface area contributed by atoms with Crippen LogP contribution in [0.4, 0.5) is 4.79 Å². The standard InChI is InChI=1S/C12H25N3O/c1-4-13-9-11-5-7-15(8-6-11)12(16)14-10(2)3/h10-11,13H,4-9H2,1-3H3,(H,14,16). The summed E-state index contributed by atoms with van der Waals surface area (Å²) >= 11 is 0. The normalized spacial score (nSPS) is 17.9. The van der Waals surface area contributed by atoms with Gasteiger partial charge < -0.3 is 15.5 Å². The van der Waals surface area contributed by atoms with Crippen molar-refractivity contribution in [1.29, 1.82) is 0 Å². The van der Waals surface area contributed by atoms with Crippen LogP contribution in [0.25, 0.3) is 0 Å². The van der Waals surface area contributed by atoms with Crippen LogP contribution in [0.15, 0.2) is 0 Å². The molecule has 1 rings (SSSR count). The van der Waals surface area contributed by atoms with Gasteiger partial charge in [0, 0.05) is 19.1 Å². The second-order valence-electron chi connectivity index (χ2n) is 4.84. The van der Waals surface area contributed by atoms with Crippen LogP contribution in [0.2, 0.25) is 0 Å². The fourth-order valence-corrected chi connectivity index (χ4v) is 2.03. The molecular formula is C12H25N3O. The largest absolute Gasteiger partial charge is 0.336 e. The average Bonchev–Trinajstić information content (AvgIpc) is 2.26. The molecule has 1 aliphatic rings. The molecule has 2 N–H and O–H groups in total. The molecule has 1 fully saturated rings. The van der Waals surface area contributed by atoms with Gasteiger partial charge in [-0.25, -0.2) is 4.79 Å². The molecule has 0 bridgehead atoms. The van der Waals surface area contributed by atoms with Crippen molar-refractivity contribution in [1.82, 2.24) is 15.5 Å². The van der Waals surface area contributed by atoms with E-state index in [1.807, 2.05) is 18.7 Å². The summed E-state index contributed by atoms with van der Waals surface area (Å²) in [4.78, 5) is 13.7. The number of hydrogen-bond donors (Lipinski definition) is 2. The second kappa shape index (κ2) is 6.74. The lowest BCUT2D eigenvalue weighted by atomic mass is 9.97. The molecule has 94 valence electrons. The Balaban J connectivity index is 2.23. The van der Waals surface area contributed by atoms with Gasteiger partial charge in [0.2, 0.25) is 0 Å². The molecule has 0 atom stereocenters. The molecule has 1 heterocycles. The van der Waals surface area contributed by atoms with Crippen molar-refractivity contribution in [3.8, 4) is 0 Å². The first-order chi connectivity index (χ1) is 7.63. The summed E-state index contributed by atoms with van der Waals surface area (Å²) < 4.78 is 0. The second-order valence-corrected chi connectivity index (χ2v) is 4.84. The van der Waals surface area contributed by atoms with Crippen LogP contribution in [0.5, 0.6) is 0 Å². The van der Waals surface area contributed by atoms with E-state index in [4.69, 9.17) is 0 Å². The third kappa shape index (κ3) is 4.39. The van der Waals surface area contributed by atoms with Gasteiger partial charge in [0.1, 0.15) is 0 Å². The van der Waals surface area contributed by atoms with Crippen LogP contribution in [0.3, 0.4) is 0 Å². The molecule has 2 amide bonds. The molecule has 0 unspecified atom stereocenters. The Labute approximate surface area is 98.8 Å². The SMILES string of the molecule is CCNCC1CCN(C(=O)NC(C)C)CC1. The Morgan fingerprint density at radius 3 is 2.50 bits per heavy atom. The van der Waals surface area contributed by atoms with Crippen LogP contribution in [-0.4, -0.2) is 43.2 Å². The van der Waals surface area contributed by atoms with Gasteiger partial charge in [-0.05, 0) is 45.7 Å². The summed E-state index contributed by atoms with van der Waals surface area (Å²) in [5.74, 6) is 0.739. The zero-order valence-electron chi connectivity index (χ0n) is 10.8. The third-order valence-electron chi connectivity index (χ3n) is 3.00. The van der Waals surface area contributed by atoms with Crippen molar-refractivity contribution in [3.63, 3.8) is 0 Å². The Kier molecular flexibility index (Phi) is 5.60. The highest BCUT2D eigenvalue weighted by molar-refractivity contribution is 5.74.